The molecule has 0 spiro atoms. The van der Waals surface area contributed by atoms with Gasteiger partial charge in [0.25, 0.3) is 0 Å². The van der Waals surface area contributed by atoms with Crippen LogP contribution >= 0.6 is 15.4 Å². The van der Waals surface area contributed by atoms with Crippen molar-refractivity contribution in [3.05, 3.63) is 0 Å². The second kappa shape index (κ2) is 9.00. The van der Waals surface area contributed by atoms with Crippen molar-refractivity contribution in [2.45, 2.75) is 0 Å². The Morgan fingerprint density at radius 2 is 0.773 bits per heavy atom. The van der Waals surface area contributed by atoms with Gasteiger partial charge in [0.15, 0.2) is 0 Å². The highest BCUT2D eigenvalue weighted by molar-refractivity contribution is 7.75. The van der Waals surface area contributed by atoms with Crippen molar-refractivity contribution >= 4 is 15.4 Å². The topological polar surface area (TPSA) is 31.8 Å². The lowest BCUT2D eigenvalue weighted by Gasteiger charge is -2.43. The molecule has 0 rings (SSSR count). The fraction of sp³-hybridized carbons (Fsp3) is 1.00. The van der Waals surface area contributed by atoms with E-state index < -0.39 is 15.4 Å². The van der Waals surface area contributed by atoms with Crippen LogP contribution in [-0.4, -0.2) is 113 Å². The molecule has 0 radical (unpaired) electrons. The molecule has 0 aromatic carbocycles. The number of rotatable bonds is 7. The van der Waals surface area contributed by atoms with Gasteiger partial charge >= 0.3 is 7.87 Å². The molecule has 0 aliphatic rings. The van der Waals surface area contributed by atoms with E-state index in [9.17, 15) is 0 Å². The van der Waals surface area contributed by atoms with E-state index in [1.165, 1.54) is 0 Å². The molecule has 136 valence electrons. The largest absolute Gasteiger partial charge is 0.355 e. The molecule has 0 aliphatic heterocycles. The molecule has 7 nitrogen and oxygen atoms in total. The molecule has 0 aromatic rings. The van der Waals surface area contributed by atoms with E-state index in [0.717, 1.165) is 0 Å². The third-order valence-corrected chi connectivity index (χ3v) is 11.8. The normalized spacial score (nSPS) is 13.7. The number of nitrogens with zero attached hydrogens (tertiary/aromatic N) is 7. The van der Waals surface area contributed by atoms with Crippen molar-refractivity contribution < 1.29 is 4.70 Å². The fourth-order valence-electron chi connectivity index (χ4n) is 2.79. The summed E-state index contributed by atoms with van der Waals surface area (Å²) in [6.45, 7) is 0. The summed E-state index contributed by atoms with van der Waals surface area (Å²) >= 11 is 0. The Balaban J connectivity index is 0. The zero-order chi connectivity index (χ0) is 17.2. The van der Waals surface area contributed by atoms with Gasteiger partial charge in [-0.3, -0.25) is 4.70 Å². The summed E-state index contributed by atoms with van der Waals surface area (Å²) in [5.74, 6) is 0. The zero-order valence-electron chi connectivity index (χ0n) is 16.4. The molecular weight excluding hydrogens is 323 g/mol. The molecule has 22 heavy (non-hydrogen) atoms. The van der Waals surface area contributed by atoms with Crippen molar-refractivity contribution in [2.75, 3.05) is 84.6 Å². The summed E-state index contributed by atoms with van der Waals surface area (Å²) in [5.41, 5.74) is 0. The van der Waals surface area contributed by atoms with Gasteiger partial charge in [-0.05, 0) is 46.8 Å². The highest BCUT2D eigenvalue weighted by Gasteiger charge is 2.52. The minimum Gasteiger partial charge on any atom is -0.269 e. The van der Waals surface area contributed by atoms with Gasteiger partial charge in [-0.1, -0.05) is 0 Å². The van der Waals surface area contributed by atoms with Crippen LogP contribution in [0.2, 0.25) is 0 Å². The van der Waals surface area contributed by atoms with Gasteiger partial charge in [-0.25, -0.2) is 14.0 Å². The summed E-state index contributed by atoms with van der Waals surface area (Å²) in [4.78, 5) is 0. The van der Waals surface area contributed by atoms with Gasteiger partial charge < -0.3 is 0 Å². The quantitative estimate of drug-likeness (QED) is 0.647. The lowest BCUT2D eigenvalue weighted by molar-refractivity contribution is 0.448. The van der Waals surface area contributed by atoms with Gasteiger partial charge in [-0.2, -0.15) is 0 Å². The van der Waals surface area contributed by atoms with E-state index in [1.54, 1.807) is 0 Å². The summed E-state index contributed by atoms with van der Waals surface area (Å²) in [6, 6.07) is 0. The lowest BCUT2D eigenvalue weighted by Crippen LogP contribution is -2.37. The smallest absolute Gasteiger partial charge is 0.269 e. The highest BCUT2D eigenvalue weighted by atomic mass is 31.2. The van der Waals surface area contributed by atoms with Gasteiger partial charge in [-0.15, -0.1) is 14.0 Å². The van der Waals surface area contributed by atoms with Crippen molar-refractivity contribution in [3.8, 4) is 0 Å². The first-order chi connectivity index (χ1) is 9.37. The fourth-order valence-corrected chi connectivity index (χ4v) is 12.2. The number of hydrogen-bond donors (Lipinski definition) is 0. The van der Waals surface area contributed by atoms with Gasteiger partial charge in [0.1, 0.15) is 0 Å². The second-order valence-corrected chi connectivity index (χ2v) is 13.9. The van der Waals surface area contributed by atoms with Crippen LogP contribution in [0.5, 0.6) is 0 Å². The van der Waals surface area contributed by atoms with E-state index in [1.807, 2.05) is 0 Å². The standard InChI is InChI=1S/C12H36N7P2.FH/c1-14(2)20(15(3)4,16(5)6)13-21(17(7)8,18(9)10)19(11)12;/h1-12H3;1H/q+1;. The van der Waals surface area contributed by atoms with E-state index >= 15 is 0 Å². The van der Waals surface area contributed by atoms with Gasteiger partial charge in [0, 0.05) is 42.3 Å². The van der Waals surface area contributed by atoms with Crippen LogP contribution in [0.25, 0.3) is 0 Å². The molecule has 0 bridgehead atoms. The maximum Gasteiger partial charge on any atom is 0.355 e. The first kappa shape index (κ1) is 24.6. The van der Waals surface area contributed by atoms with Crippen molar-refractivity contribution in [1.82, 2.24) is 28.0 Å². The average Bonchev–Trinajstić information content (AvgIpc) is 2.26. The summed E-state index contributed by atoms with van der Waals surface area (Å²) in [7, 11) is 21.5. The summed E-state index contributed by atoms with van der Waals surface area (Å²) in [6.07, 6.45) is 0. The Hall–Kier alpha value is 0.350. The molecule has 0 aromatic heterocycles. The molecular formula is C12H37FN7P2+. The number of hydrogen-bond acceptors (Lipinski definition) is 4. The van der Waals surface area contributed by atoms with E-state index in [-0.39, 0.29) is 4.70 Å². The monoisotopic (exact) mass is 360 g/mol. The first-order valence-electron chi connectivity index (χ1n) is 6.97. The molecule has 0 N–H and O–H groups in total. The molecule has 0 saturated heterocycles. The van der Waals surface area contributed by atoms with Crippen LogP contribution in [0, 0.1) is 0 Å². The Bertz CT molecular complexity index is 333. The minimum absolute atomic E-state index is 0. The predicted octanol–water partition coefficient (Wildman–Crippen LogP) is 2.13. The molecule has 0 saturated carbocycles. The molecule has 0 fully saturated rings. The van der Waals surface area contributed by atoms with Crippen LogP contribution in [-0.2, 0) is 0 Å². The second-order valence-electron chi connectivity index (χ2n) is 6.25. The van der Waals surface area contributed by atoms with Crippen LogP contribution in [0.1, 0.15) is 0 Å². The summed E-state index contributed by atoms with van der Waals surface area (Å²) in [5, 5.41) is 0. The highest BCUT2D eigenvalue weighted by Crippen LogP contribution is 2.73. The third kappa shape index (κ3) is 4.25. The average molecular weight is 360 g/mol. The van der Waals surface area contributed by atoms with E-state index in [2.05, 4.69) is 113 Å². The van der Waals surface area contributed by atoms with Crippen LogP contribution in [0.15, 0.2) is 4.52 Å². The van der Waals surface area contributed by atoms with E-state index in [0.29, 0.717) is 0 Å². The van der Waals surface area contributed by atoms with Gasteiger partial charge in [0.05, 0.1) is 0 Å². The Kier molecular flexibility index (Phi) is 10.1. The van der Waals surface area contributed by atoms with Gasteiger partial charge in [0.2, 0.25) is 7.51 Å². The van der Waals surface area contributed by atoms with Crippen LogP contribution in [0.3, 0.4) is 0 Å². The molecule has 0 unspecified atom stereocenters. The molecule has 0 amide bonds. The zero-order valence-corrected chi connectivity index (χ0v) is 18.2. The predicted molar refractivity (Wildman–Crippen MR) is 101 cm³/mol. The van der Waals surface area contributed by atoms with E-state index in [4.69, 9.17) is 4.52 Å². The first-order valence-corrected chi connectivity index (χ1v) is 10.2. The maximum atomic E-state index is 5.51. The van der Waals surface area contributed by atoms with Crippen molar-refractivity contribution in [3.63, 3.8) is 0 Å². The molecule has 0 atom stereocenters. The maximum absolute atomic E-state index is 5.51. The van der Waals surface area contributed by atoms with Crippen molar-refractivity contribution in [2.24, 2.45) is 4.52 Å². The van der Waals surface area contributed by atoms with Crippen molar-refractivity contribution in [1.29, 1.82) is 0 Å². The van der Waals surface area contributed by atoms with Crippen LogP contribution < -0.4 is 0 Å². The Morgan fingerprint density at radius 1 is 0.545 bits per heavy atom. The SMILES string of the molecule is CN(C)P(=N[P+](N(C)C)(N(C)C)N(C)C)(N(C)C)N(C)C.F. The molecule has 0 heterocycles. The van der Waals surface area contributed by atoms with Crippen LogP contribution in [0.4, 0.5) is 4.70 Å². The summed E-state index contributed by atoms with van der Waals surface area (Å²) < 4.78 is 19.1. The number of halogens is 1. The molecule has 10 heteroatoms. The minimum atomic E-state index is -1.95. The third-order valence-electron chi connectivity index (χ3n) is 3.46. The molecule has 0 aliphatic carbocycles. The Labute approximate surface area is 138 Å². The Morgan fingerprint density at radius 3 is 0.909 bits per heavy atom. The lowest BCUT2D eigenvalue weighted by atomic mass is 11.2.